The number of rotatable bonds is 7. The summed E-state index contributed by atoms with van der Waals surface area (Å²) in [5.41, 5.74) is -0.409. The molecule has 1 heterocycles. The Kier molecular flexibility index (Phi) is 13.2. The quantitative estimate of drug-likeness (QED) is 0.281. The molecular weight excluding hydrogens is 550 g/mol. The number of ether oxygens (including phenoxy) is 2. The van der Waals surface area contributed by atoms with Crippen LogP contribution in [0, 0.1) is 29.6 Å². The molecule has 1 saturated heterocycles. The summed E-state index contributed by atoms with van der Waals surface area (Å²) < 4.78 is 11.6. The second-order valence-corrected chi connectivity index (χ2v) is 12.3. The van der Waals surface area contributed by atoms with Crippen molar-refractivity contribution >= 4 is 29.7 Å². The number of terminal acetylenes is 1. The zero-order valence-corrected chi connectivity index (χ0v) is 26.5. The number of amides is 3. The number of likely N-dealkylation sites (N-methyl/N-ethyl adjacent to an activating group) is 1. The van der Waals surface area contributed by atoms with Gasteiger partial charge in [-0.3, -0.25) is 19.2 Å². The van der Waals surface area contributed by atoms with E-state index in [1.54, 1.807) is 41.5 Å². The number of benzene rings is 1. The highest BCUT2D eigenvalue weighted by molar-refractivity contribution is 5.92. The Morgan fingerprint density at radius 1 is 1.02 bits per heavy atom. The minimum absolute atomic E-state index is 0.0350. The SMILES string of the molecule is C#CCCC[C@@H]1OC(=O)CCNC(=O)[C@@H](Cc2ccccc2)N(C)C(=O)[C@H](C(C)C)OC(=O)[C@H](C(C)C)NC(=O)C1(C)C. The molecule has 0 unspecified atom stereocenters. The number of cyclic esters (lactones) is 2. The Morgan fingerprint density at radius 2 is 1.67 bits per heavy atom. The van der Waals surface area contributed by atoms with Crippen LogP contribution in [-0.2, 0) is 39.9 Å². The van der Waals surface area contributed by atoms with Crippen LogP contribution in [-0.4, -0.2) is 72.4 Å². The summed E-state index contributed by atoms with van der Waals surface area (Å²) in [4.78, 5) is 68.6. The van der Waals surface area contributed by atoms with Crippen molar-refractivity contribution in [3.8, 4) is 12.3 Å². The van der Waals surface area contributed by atoms with Crippen LogP contribution in [0.2, 0.25) is 0 Å². The van der Waals surface area contributed by atoms with E-state index < -0.39 is 65.3 Å². The molecule has 0 aliphatic carbocycles. The zero-order valence-electron chi connectivity index (χ0n) is 26.5. The van der Waals surface area contributed by atoms with Gasteiger partial charge in [-0.15, -0.1) is 12.3 Å². The van der Waals surface area contributed by atoms with E-state index in [1.807, 2.05) is 30.3 Å². The van der Waals surface area contributed by atoms with E-state index in [4.69, 9.17) is 15.9 Å². The van der Waals surface area contributed by atoms with Gasteiger partial charge in [-0.25, -0.2) is 4.79 Å². The molecule has 236 valence electrons. The molecule has 1 aliphatic heterocycles. The van der Waals surface area contributed by atoms with Crippen molar-refractivity contribution in [2.24, 2.45) is 17.3 Å². The van der Waals surface area contributed by atoms with Crippen molar-refractivity contribution in [2.45, 2.75) is 97.9 Å². The highest BCUT2D eigenvalue weighted by atomic mass is 16.6. The summed E-state index contributed by atoms with van der Waals surface area (Å²) in [6.45, 7) is 10.2. The van der Waals surface area contributed by atoms with Crippen molar-refractivity contribution in [1.82, 2.24) is 15.5 Å². The number of nitrogens with zero attached hydrogens (tertiary/aromatic N) is 1. The first-order valence-electron chi connectivity index (χ1n) is 14.9. The van der Waals surface area contributed by atoms with Crippen molar-refractivity contribution < 1.29 is 33.4 Å². The molecule has 2 rings (SSSR count). The fourth-order valence-electron chi connectivity index (χ4n) is 4.82. The highest BCUT2D eigenvalue weighted by Crippen LogP contribution is 2.29. The summed E-state index contributed by atoms with van der Waals surface area (Å²) in [5.74, 6) is -1.14. The zero-order chi connectivity index (χ0) is 32.3. The molecule has 1 aromatic carbocycles. The molecule has 10 nitrogen and oxygen atoms in total. The standard InChI is InChI=1S/C33H47N3O7/c1-9-10-12-17-25-33(6,7)32(41)35-27(21(2)3)31(40)43-28(22(4)5)30(39)36(8)24(20-23-15-13-11-14-16-23)29(38)34-19-18-26(37)42-25/h1,11,13-16,21-22,24-25,27-28H,10,12,17-20H2,2-8H3,(H,34,38)(H,35,41)/t24-,25+,27+,28+/m1/s1. The molecule has 10 heteroatoms. The second kappa shape index (κ2) is 16.1. The van der Waals surface area contributed by atoms with Gasteiger partial charge in [-0.05, 0) is 44.1 Å². The Hall–Kier alpha value is -3.87. The van der Waals surface area contributed by atoms with Crippen LogP contribution >= 0.6 is 0 Å². The van der Waals surface area contributed by atoms with Gasteiger partial charge in [0.25, 0.3) is 5.91 Å². The first kappa shape index (κ1) is 35.3. The summed E-state index contributed by atoms with van der Waals surface area (Å²) in [6.07, 6.45) is 4.71. The fraction of sp³-hybridized carbons (Fsp3) is 0.606. The third-order valence-corrected chi connectivity index (χ3v) is 7.77. The van der Waals surface area contributed by atoms with Crippen molar-refractivity contribution in [2.75, 3.05) is 13.6 Å². The summed E-state index contributed by atoms with van der Waals surface area (Å²) in [7, 11) is 1.49. The van der Waals surface area contributed by atoms with Crippen LogP contribution in [0.25, 0.3) is 0 Å². The molecule has 1 aliphatic rings. The van der Waals surface area contributed by atoms with Gasteiger partial charge in [0.15, 0.2) is 6.10 Å². The first-order valence-corrected chi connectivity index (χ1v) is 14.9. The van der Waals surface area contributed by atoms with Crippen LogP contribution < -0.4 is 10.6 Å². The van der Waals surface area contributed by atoms with Crippen molar-refractivity contribution in [1.29, 1.82) is 0 Å². The van der Waals surface area contributed by atoms with E-state index in [1.165, 1.54) is 11.9 Å². The normalized spacial score (nSPS) is 24.5. The van der Waals surface area contributed by atoms with Crippen molar-refractivity contribution in [3.05, 3.63) is 35.9 Å². The molecule has 0 radical (unpaired) electrons. The van der Waals surface area contributed by atoms with Gasteiger partial charge in [0.1, 0.15) is 18.2 Å². The number of carbonyl (C=O) groups is 5. The molecular formula is C33H47N3O7. The second-order valence-electron chi connectivity index (χ2n) is 12.3. The van der Waals surface area contributed by atoms with E-state index >= 15 is 0 Å². The predicted octanol–water partition coefficient (Wildman–Crippen LogP) is 3.03. The Balaban J connectivity index is 2.52. The number of unbranched alkanes of at least 4 members (excludes halogenated alkanes) is 1. The minimum atomic E-state index is -1.23. The van der Waals surface area contributed by atoms with Crippen LogP contribution in [0.3, 0.4) is 0 Å². The Bertz CT molecular complexity index is 1170. The Morgan fingerprint density at radius 3 is 2.26 bits per heavy atom. The molecule has 43 heavy (non-hydrogen) atoms. The molecule has 0 spiro atoms. The average Bonchev–Trinajstić information content (AvgIpc) is 2.95. The summed E-state index contributed by atoms with van der Waals surface area (Å²) in [6, 6.07) is 7.20. The molecule has 2 N–H and O–H groups in total. The summed E-state index contributed by atoms with van der Waals surface area (Å²) in [5, 5.41) is 5.54. The van der Waals surface area contributed by atoms with E-state index in [-0.39, 0.29) is 25.3 Å². The number of hydrogen-bond acceptors (Lipinski definition) is 7. The van der Waals surface area contributed by atoms with Crippen molar-refractivity contribution in [3.63, 3.8) is 0 Å². The van der Waals surface area contributed by atoms with E-state index in [2.05, 4.69) is 16.6 Å². The average molecular weight is 598 g/mol. The van der Waals surface area contributed by atoms with E-state index in [0.717, 1.165) is 5.56 Å². The third-order valence-electron chi connectivity index (χ3n) is 7.77. The van der Waals surface area contributed by atoms with Crippen LogP contribution in [0.5, 0.6) is 0 Å². The van der Waals surface area contributed by atoms with E-state index in [0.29, 0.717) is 19.3 Å². The number of hydrogen-bond donors (Lipinski definition) is 2. The van der Waals surface area contributed by atoms with Crippen LogP contribution in [0.15, 0.2) is 30.3 Å². The van der Waals surface area contributed by atoms with E-state index in [9.17, 15) is 24.0 Å². The topological polar surface area (TPSA) is 131 Å². The lowest BCUT2D eigenvalue weighted by molar-refractivity contribution is -0.168. The Labute approximate surface area is 255 Å². The molecule has 0 saturated carbocycles. The fourth-order valence-corrected chi connectivity index (χ4v) is 4.82. The molecule has 1 fully saturated rings. The lowest BCUT2D eigenvalue weighted by Gasteiger charge is -2.35. The molecule has 1 aromatic rings. The predicted molar refractivity (Wildman–Crippen MR) is 162 cm³/mol. The molecule has 0 aromatic heterocycles. The van der Waals surface area contributed by atoms with Gasteiger partial charge in [0, 0.05) is 26.4 Å². The monoisotopic (exact) mass is 597 g/mol. The van der Waals surface area contributed by atoms with Crippen LogP contribution in [0.4, 0.5) is 0 Å². The number of nitrogens with one attached hydrogen (secondary N) is 2. The lowest BCUT2D eigenvalue weighted by atomic mass is 9.82. The minimum Gasteiger partial charge on any atom is -0.461 e. The highest BCUT2D eigenvalue weighted by Gasteiger charge is 2.43. The smallest absolute Gasteiger partial charge is 0.329 e. The largest absolute Gasteiger partial charge is 0.461 e. The number of esters is 2. The molecule has 4 atom stereocenters. The third kappa shape index (κ3) is 9.84. The lowest BCUT2D eigenvalue weighted by Crippen LogP contribution is -2.56. The molecule has 0 bridgehead atoms. The van der Waals surface area contributed by atoms with Gasteiger partial charge in [-0.2, -0.15) is 0 Å². The van der Waals surface area contributed by atoms with Crippen LogP contribution in [0.1, 0.15) is 72.8 Å². The van der Waals surface area contributed by atoms with Gasteiger partial charge in [0.2, 0.25) is 11.8 Å². The number of carbonyl (C=O) groups excluding carboxylic acids is 5. The van der Waals surface area contributed by atoms with Gasteiger partial charge < -0.3 is 25.0 Å². The maximum Gasteiger partial charge on any atom is 0.329 e. The molecule has 3 amide bonds. The first-order chi connectivity index (χ1) is 20.2. The summed E-state index contributed by atoms with van der Waals surface area (Å²) >= 11 is 0. The maximum atomic E-state index is 13.8. The van der Waals surface area contributed by atoms with Gasteiger partial charge in [-0.1, -0.05) is 58.0 Å². The maximum absolute atomic E-state index is 13.8. The van der Waals surface area contributed by atoms with Gasteiger partial charge in [0.05, 0.1) is 11.8 Å². The van der Waals surface area contributed by atoms with Gasteiger partial charge >= 0.3 is 11.9 Å².